The van der Waals surface area contributed by atoms with E-state index in [9.17, 15) is 4.79 Å². The molecule has 1 atom stereocenters. The summed E-state index contributed by atoms with van der Waals surface area (Å²) in [7, 11) is 0. The first-order valence-electron chi connectivity index (χ1n) is 8.50. The smallest absolute Gasteiger partial charge is 0.249 e. The maximum absolute atomic E-state index is 12.4. The summed E-state index contributed by atoms with van der Waals surface area (Å²) >= 11 is 0. The van der Waals surface area contributed by atoms with E-state index in [1.54, 1.807) is 12.4 Å². The van der Waals surface area contributed by atoms with Crippen molar-refractivity contribution in [3.05, 3.63) is 59.9 Å². The molecule has 2 heterocycles. The van der Waals surface area contributed by atoms with Crippen LogP contribution in [0.3, 0.4) is 0 Å². The number of benzene rings is 1. The first kappa shape index (κ1) is 15.5. The number of aromatic amines is 1. The molecule has 0 bridgehead atoms. The van der Waals surface area contributed by atoms with Crippen LogP contribution in [-0.4, -0.2) is 26.1 Å². The Balaban J connectivity index is 1.43. The molecule has 6 nitrogen and oxygen atoms in total. The minimum absolute atomic E-state index is 0.0537. The van der Waals surface area contributed by atoms with Crippen molar-refractivity contribution in [2.75, 3.05) is 5.32 Å². The average molecular weight is 333 g/mol. The van der Waals surface area contributed by atoms with Gasteiger partial charge in [-0.2, -0.15) is 4.98 Å². The van der Waals surface area contributed by atoms with Gasteiger partial charge in [0.25, 0.3) is 0 Å². The van der Waals surface area contributed by atoms with Crippen LogP contribution >= 0.6 is 0 Å². The first-order chi connectivity index (χ1) is 12.3. The van der Waals surface area contributed by atoms with Crippen molar-refractivity contribution in [1.29, 1.82) is 0 Å². The molecule has 1 aliphatic rings. The van der Waals surface area contributed by atoms with Crippen LogP contribution in [0.2, 0.25) is 0 Å². The molecule has 2 N–H and O–H groups in total. The van der Waals surface area contributed by atoms with Crippen molar-refractivity contribution in [2.24, 2.45) is 0 Å². The fourth-order valence-corrected chi connectivity index (χ4v) is 3.42. The van der Waals surface area contributed by atoms with E-state index in [-0.39, 0.29) is 11.8 Å². The summed E-state index contributed by atoms with van der Waals surface area (Å²) in [6, 6.07) is 12.1. The van der Waals surface area contributed by atoms with Gasteiger partial charge in [0.05, 0.1) is 0 Å². The minimum Gasteiger partial charge on any atom is -0.293 e. The summed E-state index contributed by atoms with van der Waals surface area (Å²) in [6.45, 7) is 0. The standard InChI is InChI=1S/C19H19N5O/c25-17(12-15-6-3-5-13-4-1-2-7-16(13)15)21-19-22-18(23-24-19)14-8-10-20-11-9-14/h1-2,4,7-11,15H,3,5-6,12H2,(H2,21,22,23,24,25)/t15-/m1/s1. The van der Waals surface area contributed by atoms with E-state index in [1.165, 1.54) is 11.1 Å². The minimum atomic E-state index is -0.0537. The molecule has 6 heteroatoms. The third-order valence-corrected chi connectivity index (χ3v) is 4.62. The Morgan fingerprint density at radius 3 is 2.92 bits per heavy atom. The normalized spacial score (nSPS) is 16.2. The van der Waals surface area contributed by atoms with Crippen LogP contribution in [0.25, 0.3) is 11.4 Å². The van der Waals surface area contributed by atoms with E-state index < -0.39 is 0 Å². The van der Waals surface area contributed by atoms with Crippen molar-refractivity contribution < 1.29 is 4.79 Å². The molecule has 4 rings (SSSR count). The van der Waals surface area contributed by atoms with Gasteiger partial charge in [0.2, 0.25) is 11.9 Å². The number of H-pyrrole nitrogens is 1. The molecular weight excluding hydrogens is 314 g/mol. The summed E-state index contributed by atoms with van der Waals surface area (Å²) in [5, 5.41) is 9.73. The SMILES string of the molecule is O=C(C[C@H]1CCCc2ccccc21)Nc1n[nH]c(-c2ccncc2)n1. The summed E-state index contributed by atoms with van der Waals surface area (Å²) < 4.78 is 0. The number of aromatic nitrogens is 4. The number of carbonyl (C=O) groups is 1. The first-order valence-corrected chi connectivity index (χ1v) is 8.50. The Labute approximate surface area is 145 Å². The Morgan fingerprint density at radius 2 is 2.04 bits per heavy atom. The number of carbonyl (C=O) groups excluding carboxylic acids is 1. The molecule has 126 valence electrons. The van der Waals surface area contributed by atoms with Crippen molar-refractivity contribution >= 4 is 11.9 Å². The second kappa shape index (κ2) is 6.84. The van der Waals surface area contributed by atoms with Crippen LogP contribution in [0.15, 0.2) is 48.8 Å². The molecule has 0 saturated heterocycles. The third-order valence-electron chi connectivity index (χ3n) is 4.62. The number of nitrogens with one attached hydrogen (secondary N) is 2. The lowest BCUT2D eigenvalue weighted by Gasteiger charge is -2.24. The average Bonchev–Trinajstić information content (AvgIpc) is 3.11. The van der Waals surface area contributed by atoms with Crippen molar-refractivity contribution in [3.8, 4) is 11.4 Å². The van der Waals surface area contributed by atoms with Gasteiger partial charge in [-0.3, -0.25) is 20.2 Å². The second-order valence-electron chi connectivity index (χ2n) is 6.28. The lowest BCUT2D eigenvalue weighted by atomic mass is 9.81. The topological polar surface area (TPSA) is 83.6 Å². The number of fused-ring (bicyclic) bond motifs is 1. The summed E-state index contributed by atoms with van der Waals surface area (Å²) in [5.74, 6) is 1.13. The van der Waals surface area contributed by atoms with Crippen LogP contribution in [0.5, 0.6) is 0 Å². The molecule has 0 fully saturated rings. The highest BCUT2D eigenvalue weighted by molar-refractivity contribution is 5.89. The van der Waals surface area contributed by atoms with Gasteiger partial charge in [-0.15, -0.1) is 5.10 Å². The van der Waals surface area contributed by atoms with Gasteiger partial charge in [-0.1, -0.05) is 24.3 Å². The molecular formula is C19H19N5O. The number of anilines is 1. The molecule has 1 aliphatic carbocycles. The fraction of sp³-hybridized carbons (Fsp3) is 0.263. The maximum Gasteiger partial charge on any atom is 0.249 e. The highest BCUT2D eigenvalue weighted by atomic mass is 16.1. The fourth-order valence-electron chi connectivity index (χ4n) is 3.42. The van der Waals surface area contributed by atoms with E-state index >= 15 is 0 Å². The van der Waals surface area contributed by atoms with Crippen LogP contribution in [0.1, 0.15) is 36.3 Å². The zero-order valence-electron chi connectivity index (χ0n) is 13.8. The van der Waals surface area contributed by atoms with Crippen LogP contribution in [0, 0.1) is 0 Å². The number of aryl methyl sites for hydroxylation is 1. The molecule has 0 saturated carbocycles. The Bertz CT molecular complexity index is 874. The lowest BCUT2D eigenvalue weighted by Crippen LogP contribution is -2.19. The maximum atomic E-state index is 12.4. The Hall–Kier alpha value is -3.02. The monoisotopic (exact) mass is 333 g/mol. The number of rotatable bonds is 4. The van der Waals surface area contributed by atoms with Crippen LogP contribution < -0.4 is 5.32 Å². The molecule has 0 aliphatic heterocycles. The molecule has 1 aromatic carbocycles. The predicted molar refractivity (Wildman–Crippen MR) is 95.0 cm³/mol. The number of pyridine rings is 1. The Morgan fingerprint density at radius 1 is 1.20 bits per heavy atom. The summed E-state index contributed by atoms with van der Waals surface area (Å²) in [6.07, 6.45) is 7.11. The second-order valence-corrected chi connectivity index (χ2v) is 6.28. The number of nitrogens with zero attached hydrogens (tertiary/aromatic N) is 3. The summed E-state index contributed by atoms with van der Waals surface area (Å²) in [4.78, 5) is 20.7. The van der Waals surface area contributed by atoms with E-state index in [1.807, 2.05) is 18.2 Å². The van der Waals surface area contributed by atoms with E-state index in [2.05, 4.69) is 43.7 Å². The van der Waals surface area contributed by atoms with E-state index in [0.717, 1.165) is 24.8 Å². The van der Waals surface area contributed by atoms with Crippen LogP contribution in [-0.2, 0) is 11.2 Å². The van der Waals surface area contributed by atoms with Crippen LogP contribution in [0.4, 0.5) is 5.95 Å². The molecule has 0 spiro atoms. The molecule has 25 heavy (non-hydrogen) atoms. The molecule has 1 amide bonds. The largest absolute Gasteiger partial charge is 0.293 e. The molecule has 3 aromatic rings. The van der Waals surface area contributed by atoms with Gasteiger partial charge in [0.15, 0.2) is 5.82 Å². The van der Waals surface area contributed by atoms with Gasteiger partial charge in [-0.05, 0) is 48.4 Å². The predicted octanol–water partition coefficient (Wildman–Crippen LogP) is 3.32. The lowest BCUT2D eigenvalue weighted by molar-refractivity contribution is -0.116. The highest BCUT2D eigenvalue weighted by Gasteiger charge is 2.22. The zero-order chi connectivity index (χ0) is 17.1. The number of hydrogen-bond donors (Lipinski definition) is 2. The van der Waals surface area contributed by atoms with E-state index in [0.29, 0.717) is 18.2 Å². The van der Waals surface area contributed by atoms with Gasteiger partial charge >= 0.3 is 0 Å². The van der Waals surface area contributed by atoms with Gasteiger partial charge in [-0.25, -0.2) is 0 Å². The van der Waals surface area contributed by atoms with Gasteiger partial charge < -0.3 is 0 Å². The van der Waals surface area contributed by atoms with Crippen molar-refractivity contribution in [2.45, 2.75) is 31.6 Å². The quantitative estimate of drug-likeness (QED) is 0.767. The van der Waals surface area contributed by atoms with Crippen molar-refractivity contribution in [1.82, 2.24) is 20.2 Å². The van der Waals surface area contributed by atoms with E-state index in [4.69, 9.17) is 0 Å². The highest BCUT2D eigenvalue weighted by Crippen LogP contribution is 2.33. The molecule has 2 aromatic heterocycles. The zero-order valence-corrected chi connectivity index (χ0v) is 13.8. The third kappa shape index (κ3) is 3.42. The number of hydrogen-bond acceptors (Lipinski definition) is 4. The summed E-state index contributed by atoms with van der Waals surface area (Å²) in [5.41, 5.74) is 3.55. The van der Waals surface area contributed by atoms with Gasteiger partial charge in [0, 0.05) is 24.4 Å². The van der Waals surface area contributed by atoms with Gasteiger partial charge in [0.1, 0.15) is 0 Å². The van der Waals surface area contributed by atoms with Crippen molar-refractivity contribution in [3.63, 3.8) is 0 Å². The Kier molecular flexibility index (Phi) is 4.24. The number of amides is 1. The molecule has 0 unspecified atom stereocenters. The molecule has 0 radical (unpaired) electrons.